The number of pyridine rings is 1. The predicted molar refractivity (Wildman–Crippen MR) is 96.8 cm³/mol. The van der Waals surface area contributed by atoms with Crippen LogP contribution >= 0.6 is 0 Å². The molecule has 25 heavy (non-hydrogen) atoms. The molecule has 2 atom stereocenters. The molecule has 2 fully saturated rings. The summed E-state index contributed by atoms with van der Waals surface area (Å²) in [5.74, 6) is 0.0749. The summed E-state index contributed by atoms with van der Waals surface area (Å²) in [7, 11) is 0. The molecule has 2 N–H and O–H groups in total. The molecule has 1 aliphatic heterocycles. The van der Waals surface area contributed by atoms with Gasteiger partial charge in [0.1, 0.15) is 5.54 Å². The first-order valence-corrected chi connectivity index (χ1v) is 9.20. The van der Waals surface area contributed by atoms with E-state index < -0.39 is 5.54 Å². The lowest BCUT2D eigenvalue weighted by Crippen LogP contribution is -2.76. The van der Waals surface area contributed by atoms with Crippen LogP contribution in [0.25, 0.3) is 0 Å². The van der Waals surface area contributed by atoms with E-state index in [0.29, 0.717) is 13.0 Å². The molecule has 1 saturated heterocycles. The zero-order valence-electron chi connectivity index (χ0n) is 15.6. The molecule has 1 aromatic heterocycles. The Balaban J connectivity index is 1.55. The van der Waals surface area contributed by atoms with Crippen LogP contribution in [0.15, 0.2) is 24.4 Å². The van der Waals surface area contributed by atoms with Gasteiger partial charge in [-0.1, -0.05) is 19.9 Å². The third-order valence-corrected chi connectivity index (χ3v) is 5.98. The van der Waals surface area contributed by atoms with Gasteiger partial charge in [0.2, 0.25) is 5.91 Å². The van der Waals surface area contributed by atoms with Crippen molar-refractivity contribution in [1.29, 1.82) is 0 Å². The second kappa shape index (κ2) is 7.02. The molecule has 0 spiro atoms. The molecule has 138 valence electrons. The zero-order valence-corrected chi connectivity index (χ0v) is 15.6. The number of nitrogens with two attached hydrogens (primary N) is 1. The van der Waals surface area contributed by atoms with Crippen molar-refractivity contribution in [3.63, 3.8) is 0 Å². The Labute approximate surface area is 150 Å². The van der Waals surface area contributed by atoms with E-state index in [9.17, 15) is 4.79 Å². The van der Waals surface area contributed by atoms with Crippen molar-refractivity contribution < 1.29 is 9.53 Å². The normalized spacial score (nSPS) is 29.3. The first-order valence-electron chi connectivity index (χ1n) is 9.20. The van der Waals surface area contributed by atoms with E-state index in [4.69, 9.17) is 10.5 Å². The van der Waals surface area contributed by atoms with Crippen LogP contribution in [-0.2, 0) is 16.1 Å². The maximum atomic E-state index is 13.0. The minimum Gasteiger partial charge on any atom is -0.378 e. The molecule has 6 nitrogen and oxygen atoms in total. The molecular formula is C19H30N4O2. The van der Waals surface area contributed by atoms with Crippen molar-refractivity contribution in [2.45, 2.75) is 45.4 Å². The van der Waals surface area contributed by atoms with Gasteiger partial charge in [-0.25, -0.2) is 0 Å². The number of aromatic nitrogens is 1. The van der Waals surface area contributed by atoms with Crippen LogP contribution in [-0.4, -0.2) is 65.1 Å². The zero-order chi connectivity index (χ0) is 18.1. The Kier molecular flexibility index (Phi) is 5.14. The van der Waals surface area contributed by atoms with E-state index in [2.05, 4.69) is 9.88 Å². The number of nitrogens with zero attached hydrogens (tertiary/aromatic N) is 3. The van der Waals surface area contributed by atoms with E-state index >= 15 is 0 Å². The monoisotopic (exact) mass is 346 g/mol. The van der Waals surface area contributed by atoms with E-state index in [1.54, 1.807) is 0 Å². The summed E-state index contributed by atoms with van der Waals surface area (Å²) < 4.78 is 5.74. The van der Waals surface area contributed by atoms with E-state index in [-0.39, 0.29) is 17.4 Å². The van der Waals surface area contributed by atoms with Crippen molar-refractivity contribution in [3.05, 3.63) is 30.1 Å². The maximum Gasteiger partial charge on any atom is 0.243 e. The molecular weight excluding hydrogens is 316 g/mol. The number of ether oxygens (including phenoxy) is 1. The molecule has 1 saturated carbocycles. The maximum absolute atomic E-state index is 13.0. The number of rotatable bonds is 5. The minimum absolute atomic E-state index is 0.0666. The predicted octanol–water partition coefficient (Wildman–Crippen LogP) is 1.26. The lowest BCUT2D eigenvalue weighted by atomic mass is 9.54. The average Bonchev–Trinajstić information content (AvgIpc) is 2.62. The number of piperazine rings is 1. The van der Waals surface area contributed by atoms with Gasteiger partial charge < -0.3 is 15.4 Å². The minimum atomic E-state index is -0.810. The summed E-state index contributed by atoms with van der Waals surface area (Å²) >= 11 is 0. The molecule has 0 bridgehead atoms. The molecule has 1 amide bonds. The lowest BCUT2D eigenvalue weighted by molar-refractivity contribution is -0.180. The summed E-state index contributed by atoms with van der Waals surface area (Å²) in [6, 6.07) is 5.97. The molecule has 0 radical (unpaired) electrons. The Bertz CT molecular complexity index is 599. The standard InChI is InChI=1S/C19H30N4O2/c1-4-25-16-13-19(20,18(16,2)3)17(24)23-11-9-22(10-12-23)14-15-7-5-6-8-21-15/h5-8,16H,4,9-14,20H2,1-3H3. The van der Waals surface area contributed by atoms with Crippen molar-refractivity contribution in [2.75, 3.05) is 32.8 Å². The van der Waals surface area contributed by atoms with Gasteiger partial charge in [-0.2, -0.15) is 0 Å². The summed E-state index contributed by atoms with van der Waals surface area (Å²) in [4.78, 5) is 21.7. The molecule has 2 aliphatic rings. The van der Waals surface area contributed by atoms with Crippen molar-refractivity contribution in [3.8, 4) is 0 Å². The molecule has 2 heterocycles. The highest BCUT2D eigenvalue weighted by atomic mass is 16.5. The number of amides is 1. The SMILES string of the molecule is CCOC1CC(N)(C(=O)N2CCN(Cc3ccccn3)CC2)C1(C)C. The van der Waals surface area contributed by atoms with Crippen LogP contribution < -0.4 is 5.73 Å². The van der Waals surface area contributed by atoms with E-state index in [1.807, 2.05) is 50.1 Å². The fraction of sp³-hybridized carbons (Fsp3) is 0.684. The fourth-order valence-electron chi connectivity index (χ4n) is 3.91. The number of carbonyl (C=O) groups excluding carboxylic acids is 1. The van der Waals surface area contributed by atoms with Crippen LogP contribution in [0.5, 0.6) is 0 Å². The van der Waals surface area contributed by atoms with Gasteiger partial charge >= 0.3 is 0 Å². The highest BCUT2D eigenvalue weighted by Crippen LogP contribution is 2.50. The summed E-state index contributed by atoms with van der Waals surface area (Å²) in [5.41, 5.74) is 6.47. The van der Waals surface area contributed by atoms with Gasteiger partial charge in [0, 0.05) is 57.4 Å². The van der Waals surface area contributed by atoms with E-state index in [0.717, 1.165) is 38.4 Å². The van der Waals surface area contributed by atoms with Gasteiger partial charge in [0.25, 0.3) is 0 Å². The quantitative estimate of drug-likeness (QED) is 0.869. The number of carbonyl (C=O) groups is 1. The third-order valence-electron chi connectivity index (χ3n) is 5.98. The largest absolute Gasteiger partial charge is 0.378 e. The third kappa shape index (κ3) is 3.30. The van der Waals surface area contributed by atoms with Crippen LogP contribution in [0, 0.1) is 5.41 Å². The second-order valence-corrected chi connectivity index (χ2v) is 7.73. The molecule has 1 aliphatic carbocycles. The topological polar surface area (TPSA) is 71.7 Å². The Morgan fingerprint density at radius 2 is 2.04 bits per heavy atom. The van der Waals surface area contributed by atoms with Crippen molar-refractivity contribution in [2.24, 2.45) is 11.1 Å². The van der Waals surface area contributed by atoms with Crippen molar-refractivity contribution in [1.82, 2.24) is 14.8 Å². The van der Waals surface area contributed by atoms with Crippen LogP contribution in [0.3, 0.4) is 0 Å². The smallest absolute Gasteiger partial charge is 0.243 e. The van der Waals surface area contributed by atoms with Crippen LogP contribution in [0.1, 0.15) is 32.9 Å². The number of hydrogen-bond donors (Lipinski definition) is 1. The van der Waals surface area contributed by atoms with Gasteiger partial charge in [0.05, 0.1) is 11.8 Å². The number of hydrogen-bond acceptors (Lipinski definition) is 5. The summed E-state index contributed by atoms with van der Waals surface area (Å²) in [6.07, 6.45) is 2.50. The van der Waals surface area contributed by atoms with Crippen LogP contribution in [0.2, 0.25) is 0 Å². The highest BCUT2D eigenvalue weighted by molar-refractivity contribution is 5.89. The van der Waals surface area contributed by atoms with Crippen LogP contribution in [0.4, 0.5) is 0 Å². The first kappa shape index (κ1) is 18.3. The summed E-state index contributed by atoms with van der Waals surface area (Å²) in [5, 5.41) is 0. The lowest BCUT2D eigenvalue weighted by Gasteiger charge is -2.59. The van der Waals surface area contributed by atoms with Gasteiger partial charge in [-0.3, -0.25) is 14.7 Å². The molecule has 2 unspecified atom stereocenters. The molecule has 3 rings (SSSR count). The fourth-order valence-corrected chi connectivity index (χ4v) is 3.91. The van der Waals surface area contributed by atoms with Gasteiger partial charge in [0.15, 0.2) is 0 Å². The average molecular weight is 346 g/mol. The molecule has 1 aromatic rings. The Morgan fingerprint density at radius 3 is 2.60 bits per heavy atom. The Hall–Kier alpha value is -1.50. The Morgan fingerprint density at radius 1 is 1.32 bits per heavy atom. The second-order valence-electron chi connectivity index (χ2n) is 7.73. The van der Waals surface area contributed by atoms with Gasteiger partial charge in [-0.05, 0) is 19.1 Å². The first-order chi connectivity index (χ1) is 11.9. The van der Waals surface area contributed by atoms with E-state index in [1.165, 1.54) is 0 Å². The molecule has 0 aromatic carbocycles. The van der Waals surface area contributed by atoms with Crippen molar-refractivity contribution >= 4 is 5.91 Å². The highest BCUT2D eigenvalue weighted by Gasteiger charge is 2.63. The summed E-state index contributed by atoms with van der Waals surface area (Å²) in [6.45, 7) is 10.7. The van der Waals surface area contributed by atoms with Gasteiger partial charge in [-0.15, -0.1) is 0 Å². The molecule has 6 heteroatoms.